The van der Waals surface area contributed by atoms with Gasteiger partial charge in [0.05, 0.1) is 16.5 Å². The quantitative estimate of drug-likeness (QED) is 0.747. The molecule has 1 atom stereocenters. The van der Waals surface area contributed by atoms with Crippen molar-refractivity contribution in [3.8, 4) is 6.07 Å². The zero-order valence-corrected chi connectivity index (χ0v) is 14.6. The molecule has 1 heterocycles. The Morgan fingerprint density at radius 1 is 1.23 bits per heavy atom. The van der Waals surface area contributed by atoms with E-state index in [4.69, 9.17) is 5.26 Å². The number of hydrogen-bond acceptors (Lipinski definition) is 4. The van der Waals surface area contributed by atoms with E-state index >= 15 is 0 Å². The third kappa shape index (κ3) is 3.49. The topological polar surface area (TPSA) is 87.8 Å². The minimum Gasteiger partial charge on any atom is -0.336 e. The number of aryl methyl sites for hydroxylation is 1. The average molecular weight is 370 g/mol. The van der Waals surface area contributed by atoms with E-state index in [9.17, 15) is 12.8 Å². The van der Waals surface area contributed by atoms with E-state index < -0.39 is 21.9 Å². The van der Waals surface area contributed by atoms with E-state index in [1.165, 1.54) is 48.7 Å². The van der Waals surface area contributed by atoms with Crippen LogP contribution in [0.25, 0.3) is 0 Å². The third-order valence-electron chi connectivity index (χ3n) is 3.88. The van der Waals surface area contributed by atoms with E-state index in [1.807, 2.05) is 6.07 Å². The van der Waals surface area contributed by atoms with Crippen LogP contribution in [0.4, 0.5) is 4.39 Å². The van der Waals surface area contributed by atoms with Crippen LogP contribution in [0.2, 0.25) is 0 Å². The lowest BCUT2D eigenvalue weighted by atomic mass is 10.1. The summed E-state index contributed by atoms with van der Waals surface area (Å²) < 4.78 is 44.1. The van der Waals surface area contributed by atoms with E-state index in [1.54, 1.807) is 23.9 Å². The van der Waals surface area contributed by atoms with E-state index in [-0.39, 0.29) is 16.0 Å². The average Bonchev–Trinajstić information content (AvgIpc) is 3.06. The molecule has 3 aromatic rings. The SMILES string of the molecule is Cn1ccnc1[C@@H](NS(=O)(=O)c1cccc(C#N)c1)c1ccccc1F. The predicted octanol–water partition coefficient (Wildman–Crippen LogP) is 2.50. The molecule has 1 aromatic heterocycles. The largest absolute Gasteiger partial charge is 0.336 e. The van der Waals surface area contributed by atoms with Gasteiger partial charge in [-0.05, 0) is 24.3 Å². The molecular weight excluding hydrogens is 355 g/mol. The normalized spacial score (nSPS) is 12.5. The molecule has 0 aliphatic rings. The number of nitrogens with zero attached hydrogens (tertiary/aromatic N) is 3. The molecule has 1 N–H and O–H groups in total. The van der Waals surface area contributed by atoms with Crippen LogP contribution in [-0.2, 0) is 17.1 Å². The van der Waals surface area contributed by atoms with Crippen LogP contribution in [0.3, 0.4) is 0 Å². The number of sulfonamides is 1. The van der Waals surface area contributed by atoms with Gasteiger partial charge in [-0.1, -0.05) is 24.3 Å². The third-order valence-corrected chi connectivity index (χ3v) is 5.30. The lowest BCUT2D eigenvalue weighted by Crippen LogP contribution is -2.31. The van der Waals surface area contributed by atoms with Crippen LogP contribution < -0.4 is 4.72 Å². The molecule has 0 spiro atoms. The maximum Gasteiger partial charge on any atom is 0.241 e. The van der Waals surface area contributed by atoms with Gasteiger partial charge >= 0.3 is 0 Å². The fraction of sp³-hybridized carbons (Fsp3) is 0.111. The number of imidazole rings is 1. The lowest BCUT2D eigenvalue weighted by Gasteiger charge is -2.19. The van der Waals surface area contributed by atoms with Crippen molar-refractivity contribution in [1.82, 2.24) is 14.3 Å². The Morgan fingerprint density at radius 3 is 2.65 bits per heavy atom. The number of benzene rings is 2. The maximum atomic E-state index is 14.3. The summed E-state index contributed by atoms with van der Waals surface area (Å²) in [7, 11) is -2.33. The van der Waals surface area contributed by atoms with Crippen molar-refractivity contribution < 1.29 is 12.8 Å². The molecule has 0 amide bonds. The van der Waals surface area contributed by atoms with Crippen molar-refractivity contribution >= 4 is 10.0 Å². The summed E-state index contributed by atoms with van der Waals surface area (Å²) >= 11 is 0. The minimum absolute atomic E-state index is 0.0768. The van der Waals surface area contributed by atoms with Gasteiger partial charge in [-0.15, -0.1) is 0 Å². The summed E-state index contributed by atoms with van der Waals surface area (Å²) in [6, 6.07) is 12.4. The van der Waals surface area contributed by atoms with Crippen molar-refractivity contribution in [2.75, 3.05) is 0 Å². The molecule has 132 valence electrons. The van der Waals surface area contributed by atoms with E-state index in [2.05, 4.69) is 9.71 Å². The van der Waals surface area contributed by atoms with Gasteiger partial charge in [0.15, 0.2) is 0 Å². The molecule has 0 radical (unpaired) electrons. The van der Waals surface area contributed by atoms with Gasteiger partial charge in [-0.3, -0.25) is 0 Å². The van der Waals surface area contributed by atoms with Gasteiger partial charge in [0, 0.05) is 25.0 Å². The highest BCUT2D eigenvalue weighted by molar-refractivity contribution is 7.89. The van der Waals surface area contributed by atoms with Crippen LogP contribution in [-0.4, -0.2) is 18.0 Å². The second kappa shape index (κ2) is 7.07. The Labute approximate surface area is 150 Å². The first-order chi connectivity index (χ1) is 12.4. The molecule has 3 rings (SSSR count). The first-order valence-electron chi connectivity index (χ1n) is 7.66. The number of halogens is 1. The van der Waals surface area contributed by atoms with Crippen molar-refractivity contribution in [2.45, 2.75) is 10.9 Å². The standard InChI is InChI=1S/C18H15FN4O2S/c1-23-10-9-21-18(23)17(15-7-2-3-8-16(15)19)22-26(24,25)14-6-4-5-13(11-14)12-20/h2-11,17,22H,1H3/t17-/m0/s1. The molecule has 0 saturated carbocycles. The van der Waals surface area contributed by atoms with Crippen LogP contribution in [0.15, 0.2) is 65.8 Å². The van der Waals surface area contributed by atoms with Gasteiger partial charge < -0.3 is 4.57 Å². The molecule has 0 bridgehead atoms. The van der Waals surface area contributed by atoms with Gasteiger partial charge in [-0.25, -0.2) is 17.8 Å². The number of rotatable bonds is 5. The number of nitriles is 1. The molecule has 0 unspecified atom stereocenters. The van der Waals surface area contributed by atoms with Crippen molar-refractivity contribution in [2.24, 2.45) is 7.05 Å². The van der Waals surface area contributed by atoms with Crippen LogP contribution in [0.1, 0.15) is 23.0 Å². The molecule has 0 saturated heterocycles. The summed E-state index contributed by atoms with van der Waals surface area (Å²) in [5.74, 6) is -0.205. The molecular formula is C18H15FN4O2S. The molecule has 0 aliphatic carbocycles. The summed E-state index contributed by atoms with van der Waals surface area (Å²) in [5, 5.41) is 8.98. The highest BCUT2D eigenvalue weighted by Crippen LogP contribution is 2.25. The predicted molar refractivity (Wildman–Crippen MR) is 92.9 cm³/mol. The number of aromatic nitrogens is 2. The first-order valence-corrected chi connectivity index (χ1v) is 9.15. The van der Waals surface area contributed by atoms with Gasteiger partial charge in [0.25, 0.3) is 0 Å². The summed E-state index contributed by atoms with van der Waals surface area (Å²) in [5.41, 5.74) is 0.370. The lowest BCUT2D eigenvalue weighted by molar-refractivity contribution is 0.545. The highest BCUT2D eigenvalue weighted by atomic mass is 32.2. The monoisotopic (exact) mass is 370 g/mol. The summed E-state index contributed by atoms with van der Waals surface area (Å²) in [6.07, 6.45) is 3.15. The van der Waals surface area contributed by atoms with Crippen LogP contribution in [0.5, 0.6) is 0 Å². The summed E-state index contributed by atoms with van der Waals surface area (Å²) in [6.45, 7) is 0. The molecule has 0 aliphatic heterocycles. The molecule has 0 fully saturated rings. The van der Waals surface area contributed by atoms with Gasteiger partial charge in [0.2, 0.25) is 10.0 Å². The Balaban J connectivity index is 2.08. The fourth-order valence-corrected chi connectivity index (χ4v) is 3.79. The van der Waals surface area contributed by atoms with Gasteiger partial charge in [-0.2, -0.15) is 9.98 Å². The zero-order chi connectivity index (χ0) is 18.7. The minimum atomic E-state index is -4.02. The van der Waals surface area contributed by atoms with Crippen LogP contribution in [0, 0.1) is 17.1 Å². The van der Waals surface area contributed by atoms with Crippen LogP contribution >= 0.6 is 0 Å². The molecule has 6 nitrogen and oxygen atoms in total. The van der Waals surface area contributed by atoms with Crippen molar-refractivity contribution in [3.05, 3.63) is 83.7 Å². The fourth-order valence-electron chi connectivity index (χ4n) is 2.58. The molecule has 26 heavy (non-hydrogen) atoms. The molecule has 2 aromatic carbocycles. The highest BCUT2D eigenvalue weighted by Gasteiger charge is 2.27. The Hall–Kier alpha value is -3.02. The molecule has 8 heteroatoms. The Bertz CT molecular complexity index is 1090. The van der Waals surface area contributed by atoms with Crippen molar-refractivity contribution in [3.63, 3.8) is 0 Å². The summed E-state index contributed by atoms with van der Waals surface area (Å²) in [4.78, 5) is 4.09. The van der Waals surface area contributed by atoms with Crippen molar-refractivity contribution in [1.29, 1.82) is 5.26 Å². The maximum absolute atomic E-state index is 14.3. The number of nitrogens with one attached hydrogen (secondary N) is 1. The second-order valence-corrected chi connectivity index (χ2v) is 7.33. The second-order valence-electron chi connectivity index (χ2n) is 5.61. The van der Waals surface area contributed by atoms with E-state index in [0.29, 0.717) is 5.82 Å². The van der Waals surface area contributed by atoms with Gasteiger partial charge in [0.1, 0.15) is 17.7 Å². The smallest absolute Gasteiger partial charge is 0.241 e. The Morgan fingerprint density at radius 2 is 2.00 bits per heavy atom. The zero-order valence-electron chi connectivity index (χ0n) is 13.8. The Kier molecular flexibility index (Phi) is 4.84. The number of hydrogen-bond donors (Lipinski definition) is 1. The first kappa shape index (κ1) is 17.8. The van der Waals surface area contributed by atoms with E-state index in [0.717, 1.165) is 0 Å².